The van der Waals surface area contributed by atoms with Gasteiger partial charge in [0.2, 0.25) is 0 Å². The van der Waals surface area contributed by atoms with E-state index in [-0.39, 0.29) is 23.1 Å². The van der Waals surface area contributed by atoms with Crippen molar-refractivity contribution in [2.45, 2.75) is 6.04 Å². The Morgan fingerprint density at radius 3 is 2.67 bits per heavy atom. The largest absolute Gasteiger partial charge is 0.451 e. The molecule has 0 radical (unpaired) electrons. The molecule has 0 bridgehead atoms. The maximum absolute atomic E-state index is 13.3. The van der Waals surface area contributed by atoms with Gasteiger partial charge in [-0.15, -0.1) is 0 Å². The van der Waals surface area contributed by atoms with Crippen LogP contribution < -0.4 is 10.7 Å². The van der Waals surface area contributed by atoms with Crippen molar-refractivity contribution >= 4 is 16.9 Å². The zero-order chi connectivity index (χ0) is 18.4. The summed E-state index contributed by atoms with van der Waals surface area (Å²) >= 11 is 0. The molecule has 3 atom stereocenters. The molecule has 2 fully saturated rings. The highest BCUT2D eigenvalue weighted by Gasteiger charge is 2.47. The van der Waals surface area contributed by atoms with Gasteiger partial charge in [0, 0.05) is 31.6 Å². The Bertz CT molecular complexity index is 1060. The van der Waals surface area contributed by atoms with E-state index in [1.54, 1.807) is 24.3 Å². The quantitative estimate of drug-likeness (QED) is 0.763. The van der Waals surface area contributed by atoms with E-state index in [1.165, 1.54) is 6.07 Å². The lowest BCUT2D eigenvalue weighted by Crippen LogP contribution is -2.35. The average Bonchev–Trinajstić information content (AvgIpc) is 3.29. The molecule has 2 aliphatic rings. The third kappa shape index (κ3) is 2.66. The molecule has 5 nitrogen and oxygen atoms in total. The molecule has 27 heavy (non-hydrogen) atoms. The van der Waals surface area contributed by atoms with Gasteiger partial charge in [0.05, 0.1) is 11.4 Å². The minimum absolute atomic E-state index is 0.00419. The summed E-state index contributed by atoms with van der Waals surface area (Å²) in [6, 6.07) is 18.5. The monoisotopic (exact) mass is 360 g/mol. The second-order valence-electron chi connectivity index (χ2n) is 7.37. The molecule has 2 aromatic carbocycles. The van der Waals surface area contributed by atoms with E-state index in [4.69, 9.17) is 4.42 Å². The zero-order valence-electron chi connectivity index (χ0n) is 14.8. The Kier molecular flexibility index (Phi) is 3.83. The van der Waals surface area contributed by atoms with Crippen LogP contribution in [0, 0.1) is 11.8 Å². The van der Waals surface area contributed by atoms with Gasteiger partial charge >= 0.3 is 0 Å². The first-order valence-corrected chi connectivity index (χ1v) is 9.32. The Morgan fingerprint density at radius 1 is 1.04 bits per heavy atom. The normalized spacial score (nSPS) is 24.3. The molecular formula is C22H20N2O3. The molecule has 3 heterocycles. The first-order chi connectivity index (χ1) is 13.2. The molecule has 0 saturated carbocycles. The third-order valence-corrected chi connectivity index (χ3v) is 5.81. The summed E-state index contributed by atoms with van der Waals surface area (Å²) < 4.78 is 5.82. The van der Waals surface area contributed by atoms with E-state index in [2.05, 4.69) is 17.4 Å². The van der Waals surface area contributed by atoms with Crippen molar-refractivity contribution in [2.75, 3.05) is 19.6 Å². The minimum atomic E-state index is -0.207. The number of benzene rings is 2. The molecule has 1 N–H and O–H groups in total. The first kappa shape index (κ1) is 16.3. The van der Waals surface area contributed by atoms with Crippen LogP contribution in [0.2, 0.25) is 0 Å². The van der Waals surface area contributed by atoms with Crippen molar-refractivity contribution in [3.8, 4) is 0 Å². The van der Waals surface area contributed by atoms with Gasteiger partial charge in [-0.3, -0.25) is 9.59 Å². The van der Waals surface area contributed by atoms with Crippen LogP contribution >= 0.6 is 0 Å². The SMILES string of the molecule is O=C(c1cc(=O)c2ccccc2o1)N1C[C@@H]2CNC[C@@H]2[C@@H]1c1ccccc1. The number of carbonyl (C=O) groups excluding carboxylic acids is 1. The number of amides is 1. The second-order valence-corrected chi connectivity index (χ2v) is 7.37. The van der Waals surface area contributed by atoms with E-state index in [0.717, 1.165) is 18.7 Å². The van der Waals surface area contributed by atoms with Gasteiger partial charge in [-0.2, -0.15) is 0 Å². The number of fused-ring (bicyclic) bond motifs is 2. The number of hydrogen-bond donors (Lipinski definition) is 1. The van der Waals surface area contributed by atoms with Gasteiger partial charge < -0.3 is 14.6 Å². The highest BCUT2D eigenvalue weighted by Crippen LogP contribution is 2.43. The number of nitrogens with zero attached hydrogens (tertiary/aromatic N) is 1. The molecule has 136 valence electrons. The van der Waals surface area contributed by atoms with Gasteiger partial charge in [-0.05, 0) is 23.6 Å². The third-order valence-electron chi connectivity index (χ3n) is 5.81. The molecule has 2 aliphatic heterocycles. The first-order valence-electron chi connectivity index (χ1n) is 9.32. The smallest absolute Gasteiger partial charge is 0.290 e. The van der Waals surface area contributed by atoms with Crippen LogP contribution in [0.1, 0.15) is 22.2 Å². The fourth-order valence-corrected chi connectivity index (χ4v) is 4.56. The predicted octanol–water partition coefficient (Wildman–Crippen LogP) is 2.83. The standard InChI is InChI=1S/C22H20N2O3/c25-18-10-20(27-19-9-5-4-8-16(18)19)22(26)24-13-15-11-23-12-17(15)21(24)14-6-2-1-3-7-14/h1-10,15,17,21,23H,11-13H2/t15-,17-,21-/m0/s1. The second kappa shape index (κ2) is 6.35. The van der Waals surface area contributed by atoms with Crippen LogP contribution in [-0.4, -0.2) is 30.4 Å². The molecule has 1 amide bonds. The predicted molar refractivity (Wildman–Crippen MR) is 103 cm³/mol. The van der Waals surface area contributed by atoms with E-state index in [1.807, 2.05) is 23.1 Å². The number of carbonyl (C=O) groups is 1. The molecule has 3 aromatic rings. The highest BCUT2D eigenvalue weighted by atomic mass is 16.3. The van der Waals surface area contributed by atoms with E-state index >= 15 is 0 Å². The van der Waals surface area contributed by atoms with Crippen LogP contribution in [-0.2, 0) is 0 Å². The summed E-state index contributed by atoms with van der Waals surface area (Å²) in [6.45, 7) is 2.49. The van der Waals surface area contributed by atoms with Crippen molar-refractivity contribution in [3.63, 3.8) is 0 Å². The summed E-state index contributed by atoms with van der Waals surface area (Å²) in [5.74, 6) is 0.712. The Balaban J connectivity index is 1.56. The number of rotatable bonds is 2. The van der Waals surface area contributed by atoms with Crippen molar-refractivity contribution in [2.24, 2.45) is 11.8 Å². The molecule has 0 spiro atoms. The summed E-state index contributed by atoms with van der Waals surface area (Å²) in [4.78, 5) is 27.6. The topological polar surface area (TPSA) is 62.6 Å². The average molecular weight is 360 g/mol. The molecule has 1 aromatic heterocycles. The van der Waals surface area contributed by atoms with Crippen LogP contribution in [0.4, 0.5) is 0 Å². The lowest BCUT2D eigenvalue weighted by atomic mass is 9.89. The molecule has 0 aliphatic carbocycles. The summed E-state index contributed by atoms with van der Waals surface area (Å²) in [5, 5.41) is 3.94. The maximum Gasteiger partial charge on any atom is 0.290 e. The Hall–Kier alpha value is -2.92. The minimum Gasteiger partial charge on any atom is -0.451 e. The van der Waals surface area contributed by atoms with Gasteiger partial charge in [-0.1, -0.05) is 42.5 Å². The molecule has 2 saturated heterocycles. The lowest BCUT2D eigenvalue weighted by Gasteiger charge is -2.28. The van der Waals surface area contributed by atoms with Crippen LogP contribution in [0.15, 0.2) is 69.9 Å². The number of nitrogens with one attached hydrogen (secondary N) is 1. The molecule has 5 heteroatoms. The fraction of sp³-hybridized carbons (Fsp3) is 0.273. The fourth-order valence-electron chi connectivity index (χ4n) is 4.56. The zero-order valence-corrected chi connectivity index (χ0v) is 14.8. The van der Waals surface area contributed by atoms with Crippen molar-refractivity contribution < 1.29 is 9.21 Å². The van der Waals surface area contributed by atoms with Crippen LogP contribution in [0.3, 0.4) is 0 Å². The molecule has 5 rings (SSSR count). The van der Waals surface area contributed by atoms with Gasteiger partial charge in [-0.25, -0.2) is 0 Å². The number of likely N-dealkylation sites (tertiary alicyclic amines) is 1. The number of hydrogen-bond acceptors (Lipinski definition) is 4. The van der Waals surface area contributed by atoms with E-state index in [9.17, 15) is 9.59 Å². The van der Waals surface area contributed by atoms with Gasteiger partial charge in [0.25, 0.3) is 5.91 Å². The Morgan fingerprint density at radius 2 is 1.81 bits per heavy atom. The van der Waals surface area contributed by atoms with Crippen molar-refractivity contribution in [1.82, 2.24) is 10.2 Å². The number of para-hydroxylation sites is 1. The van der Waals surface area contributed by atoms with Crippen LogP contribution in [0.25, 0.3) is 11.0 Å². The molecular weight excluding hydrogens is 340 g/mol. The molecule has 0 unspecified atom stereocenters. The van der Waals surface area contributed by atoms with Crippen LogP contribution in [0.5, 0.6) is 0 Å². The Labute approximate surface area is 156 Å². The summed E-state index contributed by atoms with van der Waals surface area (Å²) in [6.07, 6.45) is 0. The lowest BCUT2D eigenvalue weighted by molar-refractivity contribution is 0.0682. The van der Waals surface area contributed by atoms with Crippen molar-refractivity contribution in [1.29, 1.82) is 0 Å². The van der Waals surface area contributed by atoms with E-state index in [0.29, 0.717) is 29.3 Å². The van der Waals surface area contributed by atoms with Gasteiger partial charge in [0.15, 0.2) is 11.2 Å². The van der Waals surface area contributed by atoms with Gasteiger partial charge in [0.1, 0.15) is 5.58 Å². The van der Waals surface area contributed by atoms with Crippen molar-refractivity contribution in [3.05, 3.63) is 82.2 Å². The van der Waals surface area contributed by atoms with E-state index < -0.39 is 0 Å². The summed E-state index contributed by atoms with van der Waals surface area (Å²) in [5.41, 5.74) is 1.40. The highest BCUT2D eigenvalue weighted by molar-refractivity contribution is 5.93. The maximum atomic E-state index is 13.3. The summed E-state index contributed by atoms with van der Waals surface area (Å²) in [7, 11) is 0.